The maximum Gasteiger partial charge on any atom is 0.411 e. The Labute approximate surface area is 238 Å². The van der Waals surface area contributed by atoms with Crippen LogP contribution in [0.4, 0.5) is 4.79 Å². The van der Waals surface area contributed by atoms with E-state index >= 15 is 0 Å². The van der Waals surface area contributed by atoms with Crippen molar-refractivity contribution in [1.29, 1.82) is 0 Å². The van der Waals surface area contributed by atoms with E-state index in [-0.39, 0.29) is 25.7 Å². The first-order valence-electron chi connectivity index (χ1n) is 14.7. The number of likely N-dealkylation sites (tertiary alicyclic amines) is 1. The summed E-state index contributed by atoms with van der Waals surface area (Å²) < 4.78 is 18.9. The molecule has 1 saturated heterocycles. The molecule has 228 valence electrons. The van der Waals surface area contributed by atoms with Gasteiger partial charge in [0.05, 0.1) is 25.5 Å². The minimum Gasteiger partial charge on any atom is -0.481 e. The van der Waals surface area contributed by atoms with E-state index in [9.17, 15) is 14.4 Å². The van der Waals surface area contributed by atoms with Crippen molar-refractivity contribution in [2.75, 3.05) is 6.54 Å². The summed E-state index contributed by atoms with van der Waals surface area (Å²) in [5.74, 6) is -1.17. The molecule has 0 radical (unpaired) electrons. The lowest BCUT2D eigenvalue weighted by Crippen LogP contribution is -2.45. The van der Waals surface area contributed by atoms with Crippen LogP contribution in [0.1, 0.15) is 118 Å². The van der Waals surface area contributed by atoms with Crippen molar-refractivity contribution in [1.82, 2.24) is 19.9 Å². The SMILES string of the molecule is CC(C)(C)OC(=O)[C@@H]1C[C@@H](OCc2cn(CCCCCCCCCCCC(=O)O)nn2)CN1C(=O)OC(C)(C)C. The molecule has 2 rings (SSSR count). The first-order valence-corrected chi connectivity index (χ1v) is 14.7. The second kappa shape index (κ2) is 15.9. The van der Waals surface area contributed by atoms with E-state index in [0.29, 0.717) is 12.1 Å². The van der Waals surface area contributed by atoms with Crippen LogP contribution < -0.4 is 0 Å². The molecule has 11 nitrogen and oxygen atoms in total. The molecule has 2 heterocycles. The molecule has 1 aromatic rings. The average Bonchev–Trinajstić information content (AvgIpc) is 3.46. The highest BCUT2D eigenvalue weighted by molar-refractivity contribution is 5.82. The van der Waals surface area contributed by atoms with E-state index in [0.717, 1.165) is 38.6 Å². The number of hydrogen-bond donors (Lipinski definition) is 1. The van der Waals surface area contributed by atoms with Gasteiger partial charge in [0.15, 0.2) is 0 Å². The highest BCUT2D eigenvalue weighted by Gasteiger charge is 2.44. The molecule has 11 heteroatoms. The summed E-state index contributed by atoms with van der Waals surface area (Å²) in [7, 11) is 0. The van der Waals surface area contributed by atoms with E-state index in [1.54, 1.807) is 41.5 Å². The number of amides is 1. The van der Waals surface area contributed by atoms with Crippen LogP contribution in [-0.4, -0.2) is 72.9 Å². The predicted octanol–water partition coefficient (Wildman–Crippen LogP) is 5.50. The molecule has 1 aliphatic heterocycles. The molecular weight excluding hydrogens is 516 g/mol. The molecular formula is C29H50N4O7. The quantitative estimate of drug-likeness (QED) is 0.203. The highest BCUT2D eigenvalue weighted by Crippen LogP contribution is 2.26. The maximum atomic E-state index is 12.9. The third kappa shape index (κ3) is 13.6. The Kier molecular flexibility index (Phi) is 13.3. The Hall–Kier alpha value is -2.69. The molecule has 1 amide bonds. The molecule has 1 N–H and O–H groups in total. The second-order valence-electron chi connectivity index (χ2n) is 12.6. The van der Waals surface area contributed by atoms with Gasteiger partial charge in [0.2, 0.25) is 0 Å². The first-order chi connectivity index (χ1) is 18.7. The fourth-order valence-corrected chi connectivity index (χ4v) is 4.54. The molecule has 0 aromatic carbocycles. The Bertz CT molecular complexity index is 900. The Morgan fingerprint density at radius 3 is 2.05 bits per heavy atom. The van der Waals surface area contributed by atoms with Gasteiger partial charge in [0, 0.05) is 19.4 Å². The number of nitrogens with zero attached hydrogens (tertiary/aromatic N) is 4. The first kappa shape index (κ1) is 33.5. The van der Waals surface area contributed by atoms with Crippen molar-refractivity contribution in [2.45, 2.75) is 149 Å². The van der Waals surface area contributed by atoms with Crippen LogP contribution in [-0.2, 0) is 37.0 Å². The Morgan fingerprint density at radius 2 is 1.48 bits per heavy atom. The molecule has 40 heavy (non-hydrogen) atoms. The monoisotopic (exact) mass is 566 g/mol. The molecule has 0 aliphatic carbocycles. The normalized spacial score (nSPS) is 17.7. The zero-order chi connectivity index (χ0) is 29.8. The van der Waals surface area contributed by atoms with Crippen molar-refractivity contribution in [3.05, 3.63) is 11.9 Å². The number of carboxylic acids is 1. The number of carbonyl (C=O) groups excluding carboxylic acids is 2. The van der Waals surface area contributed by atoms with Gasteiger partial charge in [0.1, 0.15) is 22.9 Å². The molecule has 1 aromatic heterocycles. The van der Waals surface area contributed by atoms with Gasteiger partial charge < -0.3 is 19.3 Å². The van der Waals surface area contributed by atoms with E-state index in [4.69, 9.17) is 19.3 Å². The number of aliphatic carboxylic acids is 1. The summed E-state index contributed by atoms with van der Waals surface area (Å²) in [6, 6.07) is -0.772. The zero-order valence-corrected chi connectivity index (χ0v) is 25.3. The van der Waals surface area contributed by atoms with E-state index < -0.39 is 35.3 Å². The lowest BCUT2D eigenvalue weighted by atomic mass is 10.1. The van der Waals surface area contributed by atoms with Gasteiger partial charge in [-0.05, 0) is 54.4 Å². The van der Waals surface area contributed by atoms with Crippen LogP contribution >= 0.6 is 0 Å². The van der Waals surface area contributed by atoms with Gasteiger partial charge in [-0.3, -0.25) is 14.4 Å². The van der Waals surface area contributed by atoms with Crippen molar-refractivity contribution >= 4 is 18.0 Å². The van der Waals surface area contributed by atoms with Gasteiger partial charge in [-0.15, -0.1) is 5.10 Å². The van der Waals surface area contributed by atoms with Crippen molar-refractivity contribution in [3.8, 4) is 0 Å². The highest BCUT2D eigenvalue weighted by atomic mass is 16.6. The summed E-state index contributed by atoms with van der Waals surface area (Å²) in [5.41, 5.74) is -0.650. The number of hydrogen-bond acceptors (Lipinski definition) is 8. The smallest absolute Gasteiger partial charge is 0.411 e. The fraction of sp³-hybridized carbons (Fsp3) is 0.828. The van der Waals surface area contributed by atoms with Crippen LogP contribution in [0.3, 0.4) is 0 Å². The molecule has 0 unspecified atom stereocenters. The summed E-state index contributed by atoms with van der Waals surface area (Å²) in [6.07, 6.45) is 11.3. The van der Waals surface area contributed by atoms with Crippen LogP contribution in [0.25, 0.3) is 0 Å². The van der Waals surface area contributed by atoms with E-state index in [1.165, 1.54) is 30.6 Å². The van der Waals surface area contributed by atoms with Crippen LogP contribution in [0, 0.1) is 0 Å². The molecule has 0 spiro atoms. The Balaban J connectivity index is 1.72. The molecule has 0 saturated carbocycles. The second-order valence-corrected chi connectivity index (χ2v) is 12.6. The number of ether oxygens (including phenoxy) is 3. The number of carbonyl (C=O) groups is 3. The van der Waals surface area contributed by atoms with E-state index in [2.05, 4.69) is 10.3 Å². The minimum absolute atomic E-state index is 0.231. The zero-order valence-electron chi connectivity index (χ0n) is 25.3. The maximum absolute atomic E-state index is 12.9. The number of carboxylic acid groups (broad SMARTS) is 1. The number of unbranched alkanes of at least 4 members (excludes halogenated alkanes) is 8. The summed E-state index contributed by atoms with van der Waals surface area (Å²) in [4.78, 5) is 37.6. The Morgan fingerprint density at radius 1 is 0.900 bits per heavy atom. The van der Waals surface area contributed by atoms with Gasteiger partial charge in [-0.2, -0.15) is 0 Å². The van der Waals surface area contributed by atoms with Gasteiger partial charge >= 0.3 is 18.0 Å². The van der Waals surface area contributed by atoms with Crippen LogP contribution in [0.2, 0.25) is 0 Å². The number of aromatic nitrogens is 3. The van der Waals surface area contributed by atoms with Gasteiger partial charge in [0.25, 0.3) is 0 Å². The third-order valence-corrected chi connectivity index (χ3v) is 6.40. The molecule has 0 bridgehead atoms. The molecule has 1 fully saturated rings. The minimum atomic E-state index is -0.772. The topological polar surface area (TPSA) is 133 Å². The van der Waals surface area contributed by atoms with Crippen LogP contribution in [0.15, 0.2) is 6.20 Å². The summed E-state index contributed by atoms with van der Waals surface area (Å²) in [6.45, 7) is 12.0. The average molecular weight is 567 g/mol. The standard InChI is InChI=1S/C29H50N4O7/c1-28(2,3)39-26(36)24-18-23(20-33(24)27(37)40-29(4,5)6)38-21-22-19-32(31-30-22)17-15-13-11-9-7-8-10-12-14-16-25(34)35/h19,23-24H,7-18,20-21H2,1-6H3,(H,34,35)/t23-,24+/m1/s1. The fourth-order valence-electron chi connectivity index (χ4n) is 4.54. The van der Waals surface area contributed by atoms with Crippen LogP contribution in [0.5, 0.6) is 0 Å². The van der Waals surface area contributed by atoms with E-state index in [1.807, 2.05) is 10.9 Å². The van der Waals surface area contributed by atoms with Gasteiger partial charge in [-0.1, -0.05) is 50.2 Å². The summed E-state index contributed by atoms with van der Waals surface area (Å²) >= 11 is 0. The number of aryl methyl sites for hydroxylation is 1. The lowest BCUT2D eigenvalue weighted by Gasteiger charge is -2.29. The van der Waals surface area contributed by atoms with Crippen molar-refractivity contribution in [3.63, 3.8) is 0 Å². The summed E-state index contributed by atoms with van der Waals surface area (Å²) in [5, 5.41) is 17.1. The van der Waals surface area contributed by atoms with Gasteiger partial charge in [-0.25, -0.2) is 9.59 Å². The largest absolute Gasteiger partial charge is 0.481 e. The van der Waals surface area contributed by atoms with Crippen molar-refractivity contribution < 1.29 is 33.7 Å². The molecule has 1 aliphatic rings. The third-order valence-electron chi connectivity index (χ3n) is 6.40. The lowest BCUT2D eigenvalue weighted by molar-refractivity contribution is -0.160. The number of rotatable bonds is 16. The molecule has 2 atom stereocenters. The van der Waals surface area contributed by atoms with Crippen molar-refractivity contribution in [2.24, 2.45) is 0 Å². The number of esters is 1. The predicted molar refractivity (Wildman–Crippen MR) is 150 cm³/mol.